The molecule has 0 aromatic rings. The van der Waals surface area contributed by atoms with Gasteiger partial charge < -0.3 is 20.3 Å². The Morgan fingerprint density at radius 1 is 1.42 bits per heavy atom. The highest BCUT2D eigenvalue weighted by Crippen LogP contribution is 2.17. The third-order valence-corrected chi connectivity index (χ3v) is 3.84. The molecule has 1 heterocycles. The first-order chi connectivity index (χ1) is 9.13. The van der Waals surface area contributed by atoms with Gasteiger partial charge in [-0.2, -0.15) is 0 Å². The molecule has 5 heteroatoms. The molecule has 0 aromatic carbocycles. The standard InChI is InChI=1S/C14H29N3OS/c1-4-18-9-5-7-15-14(19)16-10-13-6-8-17(11-13)12(2)3/h12-13H,4-11H2,1-3H3,(H2,15,16,19). The molecule has 1 atom stereocenters. The van der Waals surface area contributed by atoms with Gasteiger partial charge in [-0.05, 0) is 58.3 Å². The molecular weight excluding hydrogens is 258 g/mol. The summed E-state index contributed by atoms with van der Waals surface area (Å²) < 4.78 is 5.28. The van der Waals surface area contributed by atoms with Crippen molar-refractivity contribution < 1.29 is 4.74 Å². The van der Waals surface area contributed by atoms with Crippen LogP contribution in [0, 0.1) is 5.92 Å². The molecule has 1 aliphatic rings. The summed E-state index contributed by atoms with van der Waals surface area (Å²) in [4.78, 5) is 2.53. The number of likely N-dealkylation sites (tertiary alicyclic amines) is 1. The Bertz CT molecular complexity index is 261. The Hall–Kier alpha value is -0.390. The van der Waals surface area contributed by atoms with Crippen molar-refractivity contribution >= 4 is 17.3 Å². The molecule has 19 heavy (non-hydrogen) atoms. The summed E-state index contributed by atoms with van der Waals surface area (Å²) in [6.07, 6.45) is 2.28. The molecule has 0 radical (unpaired) electrons. The number of hydrogen-bond donors (Lipinski definition) is 2. The number of hydrogen-bond acceptors (Lipinski definition) is 3. The summed E-state index contributed by atoms with van der Waals surface area (Å²) >= 11 is 5.27. The lowest BCUT2D eigenvalue weighted by molar-refractivity contribution is 0.145. The average molecular weight is 287 g/mol. The van der Waals surface area contributed by atoms with Crippen LogP contribution in [0.15, 0.2) is 0 Å². The van der Waals surface area contributed by atoms with Crippen LogP contribution in [-0.2, 0) is 4.74 Å². The van der Waals surface area contributed by atoms with Gasteiger partial charge in [0.05, 0.1) is 0 Å². The fourth-order valence-corrected chi connectivity index (χ4v) is 2.50. The summed E-state index contributed by atoms with van der Waals surface area (Å²) in [6.45, 7) is 12.4. The Balaban J connectivity index is 2.01. The number of ether oxygens (including phenoxy) is 1. The van der Waals surface area contributed by atoms with Crippen molar-refractivity contribution in [2.75, 3.05) is 39.4 Å². The van der Waals surface area contributed by atoms with Crippen LogP contribution in [0.5, 0.6) is 0 Å². The van der Waals surface area contributed by atoms with Crippen LogP contribution < -0.4 is 10.6 Å². The van der Waals surface area contributed by atoms with E-state index in [9.17, 15) is 0 Å². The van der Waals surface area contributed by atoms with Gasteiger partial charge in [-0.3, -0.25) is 0 Å². The average Bonchev–Trinajstić information content (AvgIpc) is 2.85. The van der Waals surface area contributed by atoms with Crippen LogP contribution in [0.3, 0.4) is 0 Å². The summed E-state index contributed by atoms with van der Waals surface area (Å²) in [7, 11) is 0. The second-order valence-corrected chi connectivity index (χ2v) is 5.84. The Morgan fingerprint density at radius 3 is 2.84 bits per heavy atom. The van der Waals surface area contributed by atoms with Crippen molar-refractivity contribution in [2.24, 2.45) is 5.92 Å². The maximum atomic E-state index is 5.28. The number of thiocarbonyl (C=S) groups is 1. The van der Waals surface area contributed by atoms with Crippen molar-refractivity contribution in [1.29, 1.82) is 0 Å². The lowest BCUT2D eigenvalue weighted by atomic mass is 10.1. The van der Waals surface area contributed by atoms with Crippen LogP contribution in [0.25, 0.3) is 0 Å². The minimum Gasteiger partial charge on any atom is -0.382 e. The van der Waals surface area contributed by atoms with E-state index in [4.69, 9.17) is 17.0 Å². The minimum absolute atomic E-state index is 0.661. The van der Waals surface area contributed by atoms with E-state index in [1.807, 2.05) is 6.92 Å². The van der Waals surface area contributed by atoms with Crippen LogP contribution in [0.4, 0.5) is 0 Å². The zero-order valence-electron chi connectivity index (χ0n) is 12.6. The molecule has 1 aliphatic heterocycles. The van der Waals surface area contributed by atoms with Crippen LogP contribution in [-0.4, -0.2) is 55.4 Å². The highest BCUT2D eigenvalue weighted by molar-refractivity contribution is 7.80. The maximum absolute atomic E-state index is 5.28. The molecule has 0 aromatic heterocycles. The van der Waals surface area contributed by atoms with E-state index < -0.39 is 0 Å². The maximum Gasteiger partial charge on any atom is 0.166 e. The van der Waals surface area contributed by atoms with E-state index in [1.165, 1.54) is 19.5 Å². The molecule has 4 nitrogen and oxygen atoms in total. The predicted molar refractivity (Wildman–Crippen MR) is 84.5 cm³/mol. The third-order valence-electron chi connectivity index (χ3n) is 3.55. The quantitative estimate of drug-likeness (QED) is 0.524. The van der Waals surface area contributed by atoms with Gasteiger partial charge in [0.15, 0.2) is 5.11 Å². The molecule has 1 saturated heterocycles. The van der Waals surface area contributed by atoms with Gasteiger partial charge in [0.25, 0.3) is 0 Å². The molecule has 2 N–H and O–H groups in total. The zero-order chi connectivity index (χ0) is 14.1. The summed E-state index contributed by atoms with van der Waals surface area (Å²) in [5.41, 5.74) is 0. The van der Waals surface area contributed by atoms with Gasteiger partial charge in [-0.15, -0.1) is 0 Å². The molecular formula is C14H29N3OS. The van der Waals surface area contributed by atoms with Crippen molar-refractivity contribution in [1.82, 2.24) is 15.5 Å². The Morgan fingerprint density at radius 2 is 2.21 bits per heavy atom. The largest absolute Gasteiger partial charge is 0.382 e. The monoisotopic (exact) mass is 287 g/mol. The SMILES string of the molecule is CCOCCCNC(=S)NCC1CCN(C(C)C)C1. The molecule has 112 valence electrons. The van der Waals surface area contributed by atoms with Gasteiger partial charge >= 0.3 is 0 Å². The third kappa shape index (κ3) is 7.09. The summed E-state index contributed by atoms with van der Waals surface area (Å²) in [5, 5.41) is 7.33. The first kappa shape index (κ1) is 16.7. The fourth-order valence-electron chi connectivity index (χ4n) is 2.32. The lowest BCUT2D eigenvalue weighted by Gasteiger charge is -2.20. The summed E-state index contributed by atoms with van der Waals surface area (Å²) in [5.74, 6) is 0.727. The minimum atomic E-state index is 0.661. The Kier molecular flexibility index (Phi) is 8.34. The molecule has 0 bridgehead atoms. The lowest BCUT2D eigenvalue weighted by Crippen LogP contribution is -2.39. The zero-order valence-corrected chi connectivity index (χ0v) is 13.4. The van der Waals surface area contributed by atoms with Crippen molar-refractivity contribution in [2.45, 2.75) is 39.7 Å². The second-order valence-electron chi connectivity index (χ2n) is 5.43. The fraction of sp³-hybridized carbons (Fsp3) is 0.929. The van der Waals surface area contributed by atoms with Gasteiger partial charge in [-0.1, -0.05) is 0 Å². The molecule has 1 unspecified atom stereocenters. The molecule has 1 rings (SSSR count). The normalized spacial score (nSPS) is 19.9. The number of rotatable bonds is 8. The second kappa shape index (κ2) is 9.50. The Labute approximate surface area is 123 Å². The molecule has 0 aliphatic carbocycles. The van der Waals surface area contributed by atoms with E-state index >= 15 is 0 Å². The molecule has 0 saturated carbocycles. The van der Waals surface area contributed by atoms with Gasteiger partial charge in [0, 0.05) is 38.9 Å². The van der Waals surface area contributed by atoms with Gasteiger partial charge in [-0.25, -0.2) is 0 Å². The molecule has 0 spiro atoms. The van der Waals surface area contributed by atoms with Crippen LogP contribution in [0.1, 0.15) is 33.6 Å². The van der Waals surface area contributed by atoms with Crippen LogP contribution >= 0.6 is 12.2 Å². The van der Waals surface area contributed by atoms with E-state index in [0.717, 1.165) is 43.8 Å². The number of nitrogens with zero attached hydrogens (tertiary/aromatic N) is 1. The topological polar surface area (TPSA) is 36.5 Å². The highest BCUT2D eigenvalue weighted by Gasteiger charge is 2.23. The van der Waals surface area contributed by atoms with E-state index in [-0.39, 0.29) is 0 Å². The predicted octanol–water partition coefficient (Wildman–Crippen LogP) is 1.61. The van der Waals surface area contributed by atoms with Gasteiger partial charge in [0.1, 0.15) is 0 Å². The van der Waals surface area contributed by atoms with Gasteiger partial charge in [0.2, 0.25) is 0 Å². The molecule has 0 amide bonds. The summed E-state index contributed by atoms with van der Waals surface area (Å²) in [6, 6.07) is 0.661. The smallest absolute Gasteiger partial charge is 0.166 e. The van der Waals surface area contributed by atoms with Crippen LogP contribution in [0.2, 0.25) is 0 Å². The highest BCUT2D eigenvalue weighted by atomic mass is 32.1. The number of nitrogens with one attached hydrogen (secondary N) is 2. The van der Waals surface area contributed by atoms with E-state index in [0.29, 0.717) is 6.04 Å². The van der Waals surface area contributed by atoms with Crippen molar-refractivity contribution in [3.8, 4) is 0 Å². The van der Waals surface area contributed by atoms with Crippen molar-refractivity contribution in [3.05, 3.63) is 0 Å². The van der Waals surface area contributed by atoms with E-state index in [2.05, 4.69) is 29.4 Å². The first-order valence-corrected chi connectivity index (χ1v) is 7.87. The van der Waals surface area contributed by atoms with Crippen molar-refractivity contribution in [3.63, 3.8) is 0 Å². The first-order valence-electron chi connectivity index (χ1n) is 7.47. The van der Waals surface area contributed by atoms with E-state index in [1.54, 1.807) is 0 Å². The molecule has 1 fully saturated rings.